The van der Waals surface area contributed by atoms with Crippen LogP contribution in [0.4, 0.5) is 13.2 Å². The van der Waals surface area contributed by atoms with E-state index in [9.17, 15) is 22.8 Å². The quantitative estimate of drug-likeness (QED) is 0.712. The Balaban J connectivity index is 1.50. The second kappa shape index (κ2) is 9.77. The average Bonchev–Trinajstić information content (AvgIpc) is 3.42. The molecule has 4 atom stereocenters. The number of halogens is 3. The molecule has 1 saturated carbocycles. The molecule has 10 heteroatoms. The van der Waals surface area contributed by atoms with Crippen LogP contribution < -0.4 is 5.32 Å². The van der Waals surface area contributed by atoms with Crippen LogP contribution in [0.2, 0.25) is 0 Å². The van der Waals surface area contributed by atoms with Gasteiger partial charge in [-0.25, -0.2) is 13.2 Å². The highest BCUT2D eigenvalue weighted by Gasteiger charge is 2.40. The topological polar surface area (TPSA) is 78.7 Å². The summed E-state index contributed by atoms with van der Waals surface area (Å²) < 4.78 is 46.3. The molecule has 184 valence electrons. The summed E-state index contributed by atoms with van der Waals surface area (Å²) in [5.74, 6) is -4.26. The van der Waals surface area contributed by atoms with E-state index < -0.39 is 40.9 Å². The number of likely N-dealkylation sites (tertiary alicyclic amines) is 1. The van der Waals surface area contributed by atoms with Crippen molar-refractivity contribution in [3.63, 3.8) is 0 Å². The molecule has 1 N–H and O–H groups in total. The Labute approximate surface area is 196 Å². The molecule has 7 nitrogen and oxygen atoms in total. The number of aromatic nitrogens is 1. The van der Waals surface area contributed by atoms with Crippen molar-refractivity contribution in [2.24, 2.45) is 11.8 Å². The Kier molecular flexibility index (Phi) is 6.97. The first-order chi connectivity index (χ1) is 16.2. The van der Waals surface area contributed by atoms with Gasteiger partial charge in [0.2, 0.25) is 5.91 Å². The minimum atomic E-state index is -1.16. The fourth-order valence-corrected chi connectivity index (χ4v) is 5.22. The Morgan fingerprint density at radius 2 is 1.82 bits per heavy atom. The maximum Gasteiger partial charge on any atom is 0.273 e. The number of nitrogens with one attached hydrogen (secondary N) is 1. The first-order valence-electron chi connectivity index (χ1n) is 11.5. The molecule has 0 bridgehead atoms. The van der Waals surface area contributed by atoms with E-state index >= 15 is 0 Å². The van der Waals surface area contributed by atoms with Crippen molar-refractivity contribution in [2.45, 2.75) is 44.7 Å². The molecule has 2 aromatic rings. The number of nitrogens with zero attached hydrogens (tertiary/aromatic N) is 3. The van der Waals surface area contributed by atoms with Crippen LogP contribution in [-0.2, 0) is 4.79 Å². The molecule has 1 aliphatic heterocycles. The maximum absolute atomic E-state index is 14.1. The van der Waals surface area contributed by atoms with Crippen LogP contribution in [0.5, 0.6) is 0 Å². The Morgan fingerprint density at radius 1 is 1.12 bits per heavy atom. The molecule has 1 aromatic carbocycles. The lowest BCUT2D eigenvalue weighted by Crippen LogP contribution is -2.57. The molecule has 2 amide bonds. The van der Waals surface area contributed by atoms with Gasteiger partial charge in [-0.15, -0.1) is 0 Å². The van der Waals surface area contributed by atoms with Crippen LogP contribution in [-0.4, -0.2) is 66.0 Å². The van der Waals surface area contributed by atoms with Gasteiger partial charge in [0, 0.05) is 57.5 Å². The molecule has 2 heterocycles. The van der Waals surface area contributed by atoms with E-state index in [1.54, 1.807) is 14.1 Å². The number of hydrogen-bond donors (Lipinski definition) is 1. The highest BCUT2D eigenvalue weighted by molar-refractivity contribution is 5.94. The molecule has 34 heavy (non-hydrogen) atoms. The highest BCUT2D eigenvalue weighted by atomic mass is 19.1. The summed E-state index contributed by atoms with van der Waals surface area (Å²) in [6, 6.07) is 2.17. The lowest BCUT2D eigenvalue weighted by atomic mass is 9.88. The summed E-state index contributed by atoms with van der Waals surface area (Å²) in [7, 11) is 3.38. The van der Waals surface area contributed by atoms with Crippen molar-refractivity contribution < 1.29 is 27.3 Å². The van der Waals surface area contributed by atoms with Gasteiger partial charge in [0.25, 0.3) is 5.91 Å². The van der Waals surface area contributed by atoms with Crippen LogP contribution in [0.25, 0.3) is 11.3 Å². The number of carbonyl (C=O) groups excluding carboxylic acids is 2. The van der Waals surface area contributed by atoms with Crippen molar-refractivity contribution in [3.8, 4) is 11.3 Å². The predicted octanol–water partition coefficient (Wildman–Crippen LogP) is 3.46. The van der Waals surface area contributed by atoms with Crippen molar-refractivity contribution in [1.29, 1.82) is 0 Å². The van der Waals surface area contributed by atoms with Gasteiger partial charge in [-0.3, -0.25) is 14.5 Å². The maximum atomic E-state index is 14.1. The zero-order valence-electron chi connectivity index (χ0n) is 19.5. The van der Waals surface area contributed by atoms with E-state index in [4.69, 9.17) is 4.52 Å². The van der Waals surface area contributed by atoms with Gasteiger partial charge < -0.3 is 14.7 Å². The van der Waals surface area contributed by atoms with Gasteiger partial charge in [-0.05, 0) is 25.2 Å². The van der Waals surface area contributed by atoms with Crippen LogP contribution >= 0.6 is 0 Å². The molecular weight excluding hydrogens is 449 g/mol. The van der Waals surface area contributed by atoms with E-state index in [2.05, 4.69) is 22.3 Å². The Morgan fingerprint density at radius 3 is 2.44 bits per heavy atom. The Hall–Kier alpha value is -2.88. The zero-order valence-corrected chi connectivity index (χ0v) is 19.5. The van der Waals surface area contributed by atoms with Gasteiger partial charge in [-0.2, -0.15) is 0 Å². The van der Waals surface area contributed by atoms with E-state index in [1.165, 1.54) is 17.7 Å². The molecule has 1 aliphatic carbocycles. The Bertz CT molecular complexity index is 1050. The average molecular weight is 479 g/mol. The van der Waals surface area contributed by atoms with Crippen LogP contribution in [0.3, 0.4) is 0 Å². The van der Waals surface area contributed by atoms with E-state index in [-0.39, 0.29) is 17.4 Å². The highest BCUT2D eigenvalue weighted by Crippen LogP contribution is 2.33. The van der Waals surface area contributed by atoms with Crippen LogP contribution in [0, 0.1) is 29.3 Å². The van der Waals surface area contributed by atoms with E-state index in [0.717, 1.165) is 19.0 Å². The first kappa shape index (κ1) is 24.3. The number of benzene rings is 1. The number of hydrogen-bond acceptors (Lipinski definition) is 5. The normalized spacial score (nSPS) is 25.4. The number of rotatable bonds is 5. The summed E-state index contributed by atoms with van der Waals surface area (Å²) in [6.07, 6.45) is 4.06. The van der Waals surface area contributed by atoms with Gasteiger partial charge in [-0.1, -0.05) is 18.5 Å². The minimum absolute atomic E-state index is 0.0723. The standard InChI is InChI=1S/C24H29F3N4O3/c1-13-5-4-6-20(13)31-8-7-18(15(12-31)24(33)30(2)3)28-23(32)19-11-21(34-29-19)22-16(26)9-14(25)10-17(22)27/h9-11,13,15,18,20H,4-8,12H2,1-3H3,(H,28,32)/t13-,15+,18+,20+/m1/s1. The van der Waals surface area contributed by atoms with Crippen molar-refractivity contribution in [1.82, 2.24) is 20.3 Å². The van der Waals surface area contributed by atoms with Crippen LogP contribution in [0.15, 0.2) is 22.7 Å². The van der Waals surface area contributed by atoms with Crippen LogP contribution in [0.1, 0.15) is 43.1 Å². The van der Waals surface area contributed by atoms with Gasteiger partial charge >= 0.3 is 0 Å². The molecule has 1 aromatic heterocycles. The van der Waals surface area contributed by atoms with Gasteiger partial charge in [0.1, 0.15) is 17.5 Å². The molecular formula is C24H29F3N4O3. The summed E-state index contributed by atoms with van der Waals surface area (Å²) in [5.41, 5.74) is -0.784. The molecule has 2 fully saturated rings. The lowest BCUT2D eigenvalue weighted by Gasteiger charge is -2.42. The summed E-state index contributed by atoms with van der Waals surface area (Å²) in [6.45, 7) is 3.55. The smallest absolute Gasteiger partial charge is 0.273 e. The fraction of sp³-hybridized carbons (Fsp3) is 0.542. The third-order valence-corrected chi connectivity index (χ3v) is 7.00. The van der Waals surface area contributed by atoms with E-state index in [1.807, 2.05) is 0 Å². The van der Waals surface area contributed by atoms with Crippen molar-refractivity contribution in [2.75, 3.05) is 27.2 Å². The number of carbonyl (C=O) groups is 2. The molecule has 0 radical (unpaired) electrons. The van der Waals surface area contributed by atoms with Crippen molar-refractivity contribution >= 4 is 11.8 Å². The summed E-state index contributed by atoms with van der Waals surface area (Å²) >= 11 is 0. The summed E-state index contributed by atoms with van der Waals surface area (Å²) in [4.78, 5) is 29.7. The van der Waals surface area contributed by atoms with Gasteiger partial charge in [0.15, 0.2) is 11.5 Å². The third-order valence-electron chi connectivity index (χ3n) is 7.00. The second-order valence-corrected chi connectivity index (χ2v) is 9.50. The summed E-state index contributed by atoms with van der Waals surface area (Å²) in [5, 5.41) is 6.50. The number of piperidine rings is 1. The third kappa shape index (κ3) is 4.82. The molecule has 0 spiro atoms. The SMILES string of the molecule is C[C@@H]1CCC[C@@H]1N1CC[C@H](NC(=O)c2cc(-c3c(F)cc(F)cc3F)on2)[C@@H](C(=O)N(C)C)C1. The molecule has 1 saturated heterocycles. The minimum Gasteiger partial charge on any atom is -0.355 e. The van der Waals surface area contributed by atoms with Crippen molar-refractivity contribution in [3.05, 3.63) is 41.3 Å². The molecule has 0 unspecified atom stereocenters. The fourth-order valence-electron chi connectivity index (χ4n) is 5.22. The second-order valence-electron chi connectivity index (χ2n) is 9.50. The van der Waals surface area contributed by atoms with Gasteiger partial charge in [0.05, 0.1) is 11.5 Å². The largest absolute Gasteiger partial charge is 0.355 e. The molecule has 2 aliphatic rings. The number of amides is 2. The van der Waals surface area contributed by atoms with E-state index in [0.29, 0.717) is 37.1 Å². The predicted molar refractivity (Wildman–Crippen MR) is 118 cm³/mol. The lowest BCUT2D eigenvalue weighted by molar-refractivity contribution is -0.136. The molecule has 4 rings (SSSR count). The first-order valence-corrected chi connectivity index (χ1v) is 11.5. The zero-order chi connectivity index (χ0) is 24.6. The monoisotopic (exact) mass is 478 g/mol.